The van der Waals surface area contributed by atoms with Crippen LogP contribution in [0.5, 0.6) is 0 Å². The first-order chi connectivity index (χ1) is 10.5. The molecular formula is C16H24O6. The number of carboxylic acid groups (broad SMARTS) is 1. The molecule has 0 aromatic heterocycles. The largest absolute Gasteiger partial charge is 0.492 e. The van der Waals surface area contributed by atoms with Crippen molar-refractivity contribution in [1.82, 2.24) is 0 Å². The molecule has 0 aromatic carbocycles. The molecule has 2 aliphatic rings. The molecule has 22 heavy (non-hydrogen) atoms. The first-order valence-corrected chi connectivity index (χ1v) is 8.00. The predicted octanol–water partition coefficient (Wildman–Crippen LogP) is 1.54. The lowest BCUT2D eigenvalue weighted by atomic mass is 9.87. The second-order valence-corrected chi connectivity index (χ2v) is 6.08. The number of carboxylic acids is 1. The summed E-state index contributed by atoms with van der Waals surface area (Å²) in [6, 6.07) is 0. The van der Waals surface area contributed by atoms with Gasteiger partial charge in [0.15, 0.2) is 5.78 Å². The van der Waals surface area contributed by atoms with Crippen LogP contribution in [-0.4, -0.2) is 45.4 Å². The van der Waals surface area contributed by atoms with Gasteiger partial charge in [-0.3, -0.25) is 9.59 Å². The minimum Gasteiger partial charge on any atom is -0.492 e. The number of aliphatic hydroxyl groups excluding tert-OH is 2. The van der Waals surface area contributed by atoms with Crippen LogP contribution in [-0.2, 0) is 14.3 Å². The van der Waals surface area contributed by atoms with Crippen molar-refractivity contribution in [3.63, 3.8) is 0 Å². The van der Waals surface area contributed by atoms with Crippen LogP contribution < -0.4 is 0 Å². The monoisotopic (exact) mass is 312 g/mol. The van der Waals surface area contributed by atoms with E-state index in [0.29, 0.717) is 49.9 Å². The van der Waals surface area contributed by atoms with Gasteiger partial charge in [0.2, 0.25) is 0 Å². The summed E-state index contributed by atoms with van der Waals surface area (Å²) in [5.41, 5.74) is 0.587. The number of allylic oxidation sites excluding steroid dienone is 1. The van der Waals surface area contributed by atoms with E-state index in [1.54, 1.807) is 0 Å². The molecule has 0 saturated carbocycles. The Balaban J connectivity index is 1.76. The van der Waals surface area contributed by atoms with Gasteiger partial charge in [0.25, 0.3) is 0 Å². The number of ether oxygens (including phenoxy) is 1. The molecule has 0 radical (unpaired) electrons. The zero-order chi connectivity index (χ0) is 16.1. The number of unbranched alkanes of at least 4 members (excludes halogenated alkanes) is 2. The molecule has 3 N–H and O–H groups in total. The number of hydrogen-bond acceptors (Lipinski definition) is 5. The Kier molecular flexibility index (Phi) is 5.97. The van der Waals surface area contributed by atoms with Crippen LogP contribution >= 0.6 is 0 Å². The van der Waals surface area contributed by atoms with E-state index >= 15 is 0 Å². The third-order valence-corrected chi connectivity index (χ3v) is 4.37. The number of carbonyl (C=O) groups excluding carboxylic acids is 1. The number of ketones is 1. The van der Waals surface area contributed by atoms with Gasteiger partial charge in [-0.1, -0.05) is 12.8 Å². The minimum absolute atomic E-state index is 0.163. The van der Waals surface area contributed by atoms with Gasteiger partial charge < -0.3 is 20.1 Å². The third-order valence-electron chi connectivity index (χ3n) is 4.37. The molecule has 1 aliphatic carbocycles. The van der Waals surface area contributed by atoms with Crippen LogP contribution in [0.4, 0.5) is 0 Å². The first kappa shape index (κ1) is 17.0. The summed E-state index contributed by atoms with van der Waals surface area (Å²) in [6.07, 6.45) is 3.14. The van der Waals surface area contributed by atoms with Gasteiger partial charge >= 0.3 is 5.97 Å². The molecule has 124 valence electrons. The number of hydrogen-bond donors (Lipinski definition) is 3. The molecule has 0 spiro atoms. The van der Waals surface area contributed by atoms with E-state index in [0.717, 1.165) is 12.8 Å². The molecule has 6 nitrogen and oxygen atoms in total. The Bertz CT molecular complexity index is 456. The smallest absolute Gasteiger partial charge is 0.303 e. The van der Waals surface area contributed by atoms with Crippen molar-refractivity contribution in [2.24, 2.45) is 0 Å². The van der Waals surface area contributed by atoms with E-state index in [2.05, 4.69) is 0 Å². The average molecular weight is 312 g/mol. The standard InChI is InChI=1S/C16H24O6/c17-11(4-2-1-3-5-15(19)20)14-8-6-10-13(22-14)9-7-12(18)16(10)21/h11-12,14,17-18H,1-9H2,(H,19,20)/t11-,12-,14-/m0/s1. The van der Waals surface area contributed by atoms with Crippen molar-refractivity contribution in [3.05, 3.63) is 11.3 Å². The van der Waals surface area contributed by atoms with Crippen molar-refractivity contribution < 1.29 is 29.6 Å². The molecule has 6 heteroatoms. The quantitative estimate of drug-likeness (QED) is 0.616. The topological polar surface area (TPSA) is 104 Å². The number of rotatable bonds is 7. The van der Waals surface area contributed by atoms with E-state index in [1.807, 2.05) is 0 Å². The van der Waals surface area contributed by atoms with Crippen molar-refractivity contribution in [1.29, 1.82) is 0 Å². The summed E-state index contributed by atoms with van der Waals surface area (Å²) in [5, 5.41) is 28.3. The van der Waals surface area contributed by atoms with Gasteiger partial charge in [-0.2, -0.15) is 0 Å². The van der Waals surface area contributed by atoms with Gasteiger partial charge in [0, 0.05) is 18.4 Å². The molecule has 0 saturated heterocycles. The van der Waals surface area contributed by atoms with Crippen LogP contribution in [0.1, 0.15) is 57.8 Å². The normalized spacial score (nSPS) is 26.4. The molecule has 0 amide bonds. The summed E-state index contributed by atoms with van der Waals surface area (Å²) < 4.78 is 5.77. The van der Waals surface area contributed by atoms with Gasteiger partial charge in [0.1, 0.15) is 18.0 Å². The van der Waals surface area contributed by atoms with Crippen molar-refractivity contribution in [2.45, 2.75) is 76.1 Å². The molecule has 0 unspecified atom stereocenters. The number of aliphatic carboxylic acids is 1. The van der Waals surface area contributed by atoms with E-state index in [9.17, 15) is 19.8 Å². The Hall–Kier alpha value is -1.40. The molecule has 3 atom stereocenters. The highest BCUT2D eigenvalue weighted by Crippen LogP contribution is 2.34. The maximum absolute atomic E-state index is 11.8. The Morgan fingerprint density at radius 2 is 2.00 bits per heavy atom. The average Bonchev–Trinajstić information content (AvgIpc) is 2.50. The van der Waals surface area contributed by atoms with Crippen LogP contribution in [0.25, 0.3) is 0 Å². The Labute approximate surface area is 129 Å². The highest BCUT2D eigenvalue weighted by Gasteiger charge is 2.35. The molecule has 1 aliphatic heterocycles. The van der Waals surface area contributed by atoms with E-state index in [-0.39, 0.29) is 18.3 Å². The molecular weight excluding hydrogens is 288 g/mol. The zero-order valence-electron chi connectivity index (χ0n) is 12.7. The minimum atomic E-state index is -0.905. The van der Waals surface area contributed by atoms with Crippen LogP contribution in [0.3, 0.4) is 0 Å². The number of aliphatic hydroxyl groups is 2. The fourth-order valence-electron chi connectivity index (χ4n) is 3.07. The highest BCUT2D eigenvalue weighted by molar-refractivity contribution is 6.00. The predicted molar refractivity (Wildman–Crippen MR) is 78.1 cm³/mol. The Morgan fingerprint density at radius 3 is 2.73 bits per heavy atom. The van der Waals surface area contributed by atoms with E-state index in [1.165, 1.54) is 0 Å². The van der Waals surface area contributed by atoms with Crippen LogP contribution in [0, 0.1) is 0 Å². The third kappa shape index (κ3) is 4.30. The summed E-state index contributed by atoms with van der Waals surface area (Å²) in [7, 11) is 0. The van der Waals surface area contributed by atoms with Gasteiger partial charge in [0.05, 0.1) is 6.10 Å². The molecule has 0 bridgehead atoms. The second kappa shape index (κ2) is 7.74. The maximum atomic E-state index is 11.8. The molecule has 2 rings (SSSR count). The van der Waals surface area contributed by atoms with Crippen LogP contribution in [0.15, 0.2) is 11.3 Å². The SMILES string of the molecule is O=C(O)CCCCC[C@H](O)[C@@H]1CCC2=C(CC[C@H](O)C2=O)O1. The summed E-state index contributed by atoms with van der Waals surface area (Å²) in [6.45, 7) is 0. The lowest BCUT2D eigenvalue weighted by Crippen LogP contribution is -2.37. The summed E-state index contributed by atoms with van der Waals surface area (Å²) in [5.74, 6) is -0.390. The molecule has 0 fully saturated rings. The van der Waals surface area contributed by atoms with Crippen molar-refractivity contribution >= 4 is 11.8 Å². The van der Waals surface area contributed by atoms with Gasteiger partial charge in [-0.15, -0.1) is 0 Å². The second-order valence-electron chi connectivity index (χ2n) is 6.08. The molecule has 1 heterocycles. The highest BCUT2D eigenvalue weighted by atomic mass is 16.5. The fourth-order valence-corrected chi connectivity index (χ4v) is 3.07. The lowest BCUT2D eigenvalue weighted by Gasteiger charge is -2.34. The van der Waals surface area contributed by atoms with Crippen molar-refractivity contribution in [2.75, 3.05) is 0 Å². The summed E-state index contributed by atoms with van der Waals surface area (Å²) in [4.78, 5) is 22.2. The maximum Gasteiger partial charge on any atom is 0.303 e. The van der Waals surface area contributed by atoms with Crippen molar-refractivity contribution in [3.8, 4) is 0 Å². The lowest BCUT2D eigenvalue weighted by molar-refractivity contribution is -0.137. The van der Waals surface area contributed by atoms with E-state index in [4.69, 9.17) is 9.84 Å². The van der Waals surface area contributed by atoms with Gasteiger partial charge in [-0.25, -0.2) is 0 Å². The molecule has 0 aromatic rings. The summed E-state index contributed by atoms with van der Waals surface area (Å²) >= 11 is 0. The first-order valence-electron chi connectivity index (χ1n) is 8.00. The zero-order valence-corrected chi connectivity index (χ0v) is 12.7. The number of Topliss-reactive ketones (excluding diaryl/α,β-unsaturated/α-hetero) is 1. The number of carbonyl (C=O) groups is 2. The van der Waals surface area contributed by atoms with Gasteiger partial charge in [-0.05, 0) is 32.1 Å². The Morgan fingerprint density at radius 1 is 1.23 bits per heavy atom. The van der Waals surface area contributed by atoms with Crippen LogP contribution in [0.2, 0.25) is 0 Å². The van der Waals surface area contributed by atoms with E-state index < -0.39 is 18.2 Å². The fraction of sp³-hybridized carbons (Fsp3) is 0.750.